The summed E-state index contributed by atoms with van der Waals surface area (Å²) in [6.45, 7) is 3.87. The molecule has 5 nitrogen and oxygen atoms in total. The number of nitrogens with one attached hydrogen (secondary N) is 1. The van der Waals surface area contributed by atoms with Crippen molar-refractivity contribution in [2.45, 2.75) is 13.8 Å². The number of hydrogen-bond acceptors (Lipinski definition) is 3. The minimum atomic E-state index is -0.0650. The fourth-order valence-electron chi connectivity index (χ4n) is 2.89. The number of aromatic nitrogens is 2. The zero-order valence-electron chi connectivity index (χ0n) is 13.6. The second-order valence-electron chi connectivity index (χ2n) is 5.96. The van der Waals surface area contributed by atoms with Crippen LogP contribution in [0.2, 0.25) is 0 Å². The van der Waals surface area contributed by atoms with Crippen molar-refractivity contribution in [3.05, 3.63) is 47.2 Å². The third-order valence-corrected chi connectivity index (χ3v) is 4.12. The SMILES string of the molecule is Cc1ccc(O)c(C)c1-c1cc(C(=O)N(C)C)cc2cn[nH]c12. The van der Waals surface area contributed by atoms with Gasteiger partial charge in [0, 0.05) is 30.6 Å². The van der Waals surface area contributed by atoms with E-state index >= 15 is 0 Å². The number of fused-ring (bicyclic) bond motifs is 1. The summed E-state index contributed by atoms with van der Waals surface area (Å²) in [5.41, 5.74) is 5.07. The lowest BCUT2D eigenvalue weighted by atomic mass is 9.92. The Morgan fingerprint density at radius 2 is 1.96 bits per heavy atom. The Kier molecular flexibility index (Phi) is 3.56. The molecule has 0 saturated carbocycles. The molecule has 0 aliphatic carbocycles. The lowest BCUT2D eigenvalue weighted by molar-refractivity contribution is 0.0828. The maximum absolute atomic E-state index is 12.4. The number of nitrogens with zero attached hydrogens (tertiary/aromatic N) is 2. The topological polar surface area (TPSA) is 69.2 Å². The van der Waals surface area contributed by atoms with Crippen LogP contribution in [0.15, 0.2) is 30.5 Å². The summed E-state index contributed by atoms with van der Waals surface area (Å²) in [5, 5.41) is 18.0. The number of aryl methyl sites for hydroxylation is 1. The van der Waals surface area contributed by atoms with Gasteiger partial charge in [0.05, 0.1) is 11.7 Å². The summed E-state index contributed by atoms with van der Waals surface area (Å²) in [6, 6.07) is 7.25. The van der Waals surface area contributed by atoms with E-state index in [9.17, 15) is 9.90 Å². The number of hydrogen-bond donors (Lipinski definition) is 2. The Hall–Kier alpha value is -2.82. The van der Waals surface area contributed by atoms with Crippen molar-refractivity contribution < 1.29 is 9.90 Å². The summed E-state index contributed by atoms with van der Waals surface area (Å²) in [7, 11) is 3.46. The lowest BCUT2D eigenvalue weighted by Gasteiger charge is -2.15. The van der Waals surface area contributed by atoms with E-state index in [1.54, 1.807) is 31.3 Å². The predicted octanol–water partition coefficient (Wildman–Crippen LogP) is 3.25. The fourth-order valence-corrected chi connectivity index (χ4v) is 2.89. The standard InChI is InChI=1S/C18H19N3O2/c1-10-5-6-15(22)11(2)16(10)14-8-12(18(23)21(3)4)7-13-9-19-20-17(13)14/h5-9,22H,1-4H3,(H,19,20). The van der Waals surface area contributed by atoms with Crippen molar-refractivity contribution in [3.63, 3.8) is 0 Å². The first-order valence-corrected chi connectivity index (χ1v) is 7.38. The summed E-state index contributed by atoms with van der Waals surface area (Å²) >= 11 is 0. The van der Waals surface area contributed by atoms with Gasteiger partial charge in [0.15, 0.2) is 0 Å². The Bertz CT molecular complexity index is 910. The third kappa shape index (κ3) is 2.44. The molecule has 5 heteroatoms. The van der Waals surface area contributed by atoms with Gasteiger partial charge in [-0.1, -0.05) is 6.07 Å². The predicted molar refractivity (Wildman–Crippen MR) is 90.7 cm³/mol. The number of aromatic hydroxyl groups is 1. The molecule has 23 heavy (non-hydrogen) atoms. The minimum Gasteiger partial charge on any atom is -0.508 e. The highest BCUT2D eigenvalue weighted by atomic mass is 16.3. The van der Waals surface area contributed by atoms with Gasteiger partial charge in [0.1, 0.15) is 5.75 Å². The van der Waals surface area contributed by atoms with Crippen molar-refractivity contribution in [1.82, 2.24) is 15.1 Å². The molecule has 0 fully saturated rings. The Morgan fingerprint density at radius 3 is 2.65 bits per heavy atom. The quantitative estimate of drug-likeness (QED) is 0.763. The Morgan fingerprint density at radius 1 is 1.22 bits per heavy atom. The van der Waals surface area contributed by atoms with Gasteiger partial charge < -0.3 is 10.0 Å². The van der Waals surface area contributed by atoms with Crippen LogP contribution in [0.3, 0.4) is 0 Å². The summed E-state index contributed by atoms with van der Waals surface area (Å²) in [4.78, 5) is 13.9. The molecular weight excluding hydrogens is 290 g/mol. The van der Waals surface area contributed by atoms with Gasteiger partial charge in [0.25, 0.3) is 5.91 Å². The van der Waals surface area contributed by atoms with Gasteiger partial charge in [-0.05, 0) is 48.7 Å². The van der Waals surface area contributed by atoms with Crippen LogP contribution in [-0.4, -0.2) is 40.2 Å². The molecule has 0 bridgehead atoms. The van der Waals surface area contributed by atoms with Crippen LogP contribution in [0, 0.1) is 13.8 Å². The fraction of sp³-hybridized carbons (Fsp3) is 0.222. The van der Waals surface area contributed by atoms with E-state index in [1.807, 2.05) is 32.0 Å². The molecule has 1 aromatic heterocycles. The van der Waals surface area contributed by atoms with Gasteiger partial charge >= 0.3 is 0 Å². The van der Waals surface area contributed by atoms with Crippen LogP contribution in [0.4, 0.5) is 0 Å². The first kappa shape index (κ1) is 15.1. The van der Waals surface area contributed by atoms with Gasteiger partial charge in [-0.3, -0.25) is 9.89 Å². The molecule has 2 aromatic carbocycles. The molecule has 0 saturated heterocycles. The molecule has 2 N–H and O–H groups in total. The minimum absolute atomic E-state index is 0.0650. The zero-order chi connectivity index (χ0) is 16.7. The summed E-state index contributed by atoms with van der Waals surface area (Å²) in [5.74, 6) is 0.174. The largest absolute Gasteiger partial charge is 0.508 e. The first-order chi connectivity index (χ1) is 10.9. The van der Waals surface area contributed by atoms with E-state index in [-0.39, 0.29) is 11.7 Å². The van der Waals surface area contributed by atoms with Crippen LogP contribution in [-0.2, 0) is 0 Å². The third-order valence-electron chi connectivity index (χ3n) is 4.12. The van der Waals surface area contributed by atoms with Gasteiger partial charge in [-0.2, -0.15) is 5.10 Å². The molecule has 0 aliphatic heterocycles. The first-order valence-electron chi connectivity index (χ1n) is 7.38. The van der Waals surface area contributed by atoms with Crippen LogP contribution in [0.5, 0.6) is 5.75 Å². The molecule has 0 atom stereocenters. The van der Waals surface area contributed by atoms with Gasteiger partial charge in [-0.15, -0.1) is 0 Å². The maximum Gasteiger partial charge on any atom is 0.253 e. The van der Waals surface area contributed by atoms with Gasteiger partial charge in [-0.25, -0.2) is 0 Å². The summed E-state index contributed by atoms with van der Waals surface area (Å²) in [6.07, 6.45) is 1.71. The number of H-pyrrole nitrogens is 1. The van der Waals surface area contributed by atoms with Crippen molar-refractivity contribution in [1.29, 1.82) is 0 Å². The van der Waals surface area contributed by atoms with Crippen LogP contribution in [0.1, 0.15) is 21.5 Å². The highest BCUT2D eigenvalue weighted by Gasteiger charge is 2.17. The van der Waals surface area contributed by atoms with Crippen molar-refractivity contribution in [2.24, 2.45) is 0 Å². The second-order valence-corrected chi connectivity index (χ2v) is 5.96. The van der Waals surface area contributed by atoms with Crippen molar-refractivity contribution >= 4 is 16.8 Å². The maximum atomic E-state index is 12.4. The molecular formula is C18H19N3O2. The molecule has 0 spiro atoms. The number of amides is 1. The summed E-state index contributed by atoms with van der Waals surface area (Å²) < 4.78 is 0. The highest BCUT2D eigenvalue weighted by Crippen LogP contribution is 2.36. The molecule has 1 amide bonds. The number of carbonyl (C=O) groups excluding carboxylic acids is 1. The molecule has 118 valence electrons. The number of rotatable bonds is 2. The Balaban J connectivity index is 2.35. The van der Waals surface area contributed by atoms with Gasteiger partial charge in [0.2, 0.25) is 0 Å². The van der Waals surface area contributed by atoms with E-state index in [0.29, 0.717) is 5.56 Å². The average Bonchev–Trinajstić information content (AvgIpc) is 2.98. The molecule has 0 unspecified atom stereocenters. The molecule has 0 radical (unpaired) electrons. The number of benzene rings is 2. The van der Waals surface area contributed by atoms with Crippen LogP contribution in [0.25, 0.3) is 22.0 Å². The van der Waals surface area contributed by atoms with Crippen molar-refractivity contribution in [2.75, 3.05) is 14.1 Å². The Labute approximate surface area is 134 Å². The molecule has 3 aromatic rings. The number of carbonyl (C=O) groups is 1. The van der Waals surface area contributed by atoms with E-state index < -0.39 is 0 Å². The lowest BCUT2D eigenvalue weighted by Crippen LogP contribution is -2.21. The molecule has 1 heterocycles. The van der Waals surface area contributed by atoms with E-state index in [2.05, 4.69) is 10.2 Å². The van der Waals surface area contributed by atoms with E-state index in [4.69, 9.17) is 0 Å². The zero-order valence-corrected chi connectivity index (χ0v) is 13.6. The van der Waals surface area contributed by atoms with Crippen molar-refractivity contribution in [3.8, 4) is 16.9 Å². The number of aromatic amines is 1. The van der Waals surface area contributed by atoms with E-state index in [1.165, 1.54) is 0 Å². The molecule has 3 rings (SSSR count). The second kappa shape index (κ2) is 5.43. The molecule has 0 aliphatic rings. The number of phenols is 1. The normalized spacial score (nSPS) is 11.0. The average molecular weight is 309 g/mol. The van der Waals surface area contributed by atoms with Crippen LogP contribution < -0.4 is 0 Å². The highest BCUT2D eigenvalue weighted by molar-refractivity contribution is 6.03. The van der Waals surface area contributed by atoms with E-state index in [0.717, 1.165) is 33.2 Å². The monoisotopic (exact) mass is 309 g/mol. The van der Waals surface area contributed by atoms with Crippen LogP contribution >= 0.6 is 0 Å². The smallest absolute Gasteiger partial charge is 0.253 e. The number of phenolic OH excluding ortho intramolecular Hbond substituents is 1.